The summed E-state index contributed by atoms with van der Waals surface area (Å²) in [5, 5.41) is 3.97. The second-order valence-corrected chi connectivity index (χ2v) is 6.30. The van der Waals surface area contributed by atoms with Crippen molar-refractivity contribution >= 4 is 11.9 Å². The van der Waals surface area contributed by atoms with Crippen molar-refractivity contribution in [3.63, 3.8) is 0 Å². The largest absolute Gasteiger partial charge is 0.452 e. The SMILES string of the molecule is CCN(Cc1ccccc1)C(=O)COC(=O)c1c(-c2ccccc2)noc1C. The van der Waals surface area contributed by atoms with Gasteiger partial charge in [0.25, 0.3) is 5.91 Å². The standard InChI is InChI=1S/C22H22N2O4/c1-3-24(14-17-10-6-4-7-11-17)19(25)15-27-22(26)20-16(2)28-23-21(20)18-12-8-5-9-13-18/h4-13H,3,14-15H2,1-2H3. The zero-order chi connectivity index (χ0) is 19.9. The molecule has 28 heavy (non-hydrogen) atoms. The van der Waals surface area contributed by atoms with Gasteiger partial charge in [0.05, 0.1) is 0 Å². The van der Waals surface area contributed by atoms with Gasteiger partial charge < -0.3 is 14.2 Å². The lowest BCUT2D eigenvalue weighted by molar-refractivity contribution is -0.134. The van der Waals surface area contributed by atoms with E-state index in [2.05, 4.69) is 5.16 Å². The molecule has 1 amide bonds. The van der Waals surface area contributed by atoms with Crippen molar-refractivity contribution in [2.75, 3.05) is 13.2 Å². The Kier molecular flexibility index (Phi) is 6.22. The summed E-state index contributed by atoms with van der Waals surface area (Å²) in [4.78, 5) is 26.7. The number of esters is 1. The molecular weight excluding hydrogens is 356 g/mol. The maximum atomic E-state index is 12.6. The van der Waals surface area contributed by atoms with E-state index in [0.29, 0.717) is 24.5 Å². The maximum absolute atomic E-state index is 12.6. The van der Waals surface area contributed by atoms with Crippen LogP contribution in [0.25, 0.3) is 11.3 Å². The number of amides is 1. The number of nitrogens with zero attached hydrogens (tertiary/aromatic N) is 2. The lowest BCUT2D eigenvalue weighted by Crippen LogP contribution is -2.34. The Hall–Kier alpha value is -3.41. The second-order valence-electron chi connectivity index (χ2n) is 6.30. The highest BCUT2D eigenvalue weighted by molar-refractivity contribution is 5.98. The maximum Gasteiger partial charge on any atom is 0.344 e. The average Bonchev–Trinajstić information content (AvgIpc) is 3.13. The van der Waals surface area contributed by atoms with Crippen LogP contribution in [-0.2, 0) is 16.1 Å². The van der Waals surface area contributed by atoms with Gasteiger partial charge >= 0.3 is 5.97 Å². The van der Waals surface area contributed by atoms with Gasteiger partial charge in [0.15, 0.2) is 6.61 Å². The van der Waals surface area contributed by atoms with Gasteiger partial charge in [-0.1, -0.05) is 65.8 Å². The van der Waals surface area contributed by atoms with Crippen LogP contribution in [0.5, 0.6) is 0 Å². The molecule has 0 saturated heterocycles. The molecule has 0 saturated carbocycles. The van der Waals surface area contributed by atoms with E-state index in [0.717, 1.165) is 11.1 Å². The second kappa shape index (κ2) is 8.99. The van der Waals surface area contributed by atoms with E-state index in [-0.39, 0.29) is 18.1 Å². The molecule has 0 unspecified atom stereocenters. The molecule has 0 N–H and O–H groups in total. The van der Waals surface area contributed by atoms with Crippen molar-refractivity contribution in [3.05, 3.63) is 77.6 Å². The summed E-state index contributed by atoms with van der Waals surface area (Å²) in [5.41, 5.74) is 2.42. The molecule has 1 aromatic heterocycles. The predicted molar refractivity (Wildman–Crippen MR) is 104 cm³/mol. The summed E-state index contributed by atoms with van der Waals surface area (Å²) in [6.07, 6.45) is 0. The average molecular weight is 378 g/mol. The highest BCUT2D eigenvalue weighted by Crippen LogP contribution is 2.25. The monoisotopic (exact) mass is 378 g/mol. The van der Waals surface area contributed by atoms with Crippen molar-refractivity contribution < 1.29 is 18.8 Å². The van der Waals surface area contributed by atoms with E-state index >= 15 is 0 Å². The fraction of sp³-hybridized carbons (Fsp3) is 0.227. The molecule has 0 spiro atoms. The zero-order valence-electron chi connectivity index (χ0n) is 15.9. The number of carbonyl (C=O) groups excluding carboxylic acids is 2. The zero-order valence-corrected chi connectivity index (χ0v) is 15.9. The summed E-state index contributed by atoms with van der Waals surface area (Å²) >= 11 is 0. The quantitative estimate of drug-likeness (QED) is 0.584. The minimum atomic E-state index is -0.623. The highest BCUT2D eigenvalue weighted by Gasteiger charge is 2.24. The molecule has 0 aliphatic heterocycles. The first-order valence-electron chi connectivity index (χ1n) is 9.10. The third-order valence-corrected chi connectivity index (χ3v) is 4.39. The van der Waals surface area contributed by atoms with Crippen molar-refractivity contribution in [1.82, 2.24) is 10.1 Å². The molecule has 3 rings (SSSR count). The minimum absolute atomic E-state index is 0.241. The van der Waals surface area contributed by atoms with Crippen LogP contribution in [-0.4, -0.2) is 35.1 Å². The molecule has 3 aromatic rings. The molecule has 6 heteroatoms. The Labute approximate surface area is 163 Å². The number of aryl methyl sites for hydroxylation is 1. The van der Waals surface area contributed by atoms with Crippen LogP contribution in [0, 0.1) is 6.92 Å². The predicted octanol–water partition coefficient (Wildman–Crippen LogP) is 3.86. The summed E-state index contributed by atoms with van der Waals surface area (Å²) < 4.78 is 10.5. The first kappa shape index (κ1) is 19.4. The van der Waals surface area contributed by atoms with E-state index in [1.165, 1.54) is 0 Å². The number of carbonyl (C=O) groups is 2. The lowest BCUT2D eigenvalue weighted by atomic mass is 10.1. The van der Waals surface area contributed by atoms with Crippen molar-refractivity contribution in [2.45, 2.75) is 20.4 Å². The molecule has 6 nitrogen and oxygen atoms in total. The molecule has 0 bridgehead atoms. The van der Waals surface area contributed by atoms with Gasteiger partial charge in [-0.15, -0.1) is 0 Å². The van der Waals surface area contributed by atoms with Crippen molar-refractivity contribution in [3.8, 4) is 11.3 Å². The van der Waals surface area contributed by atoms with E-state index in [1.54, 1.807) is 11.8 Å². The van der Waals surface area contributed by atoms with Gasteiger partial charge in [-0.3, -0.25) is 4.79 Å². The first-order chi connectivity index (χ1) is 13.6. The van der Waals surface area contributed by atoms with Crippen molar-refractivity contribution in [1.29, 1.82) is 0 Å². The number of hydrogen-bond donors (Lipinski definition) is 0. The van der Waals surface area contributed by atoms with Gasteiger partial charge in [0.1, 0.15) is 17.0 Å². The molecule has 1 heterocycles. The Bertz CT molecular complexity index is 936. The van der Waals surface area contributed by atoms with Crippen LogP contribution in [0.4, 0.5) is 0 Å². The third-order valence-electron chi connectivity index (χ3n) is 4.39. The van der Waals surface area contributed by atoms with Crippen LogP contribution in [0.3, 0.4) is 0 Å². The fourth-order valence-corrected chi connectivity index (χ4v) is 2.88. The van der Waals surface area contributed by atoms with E-state index < -0.39 is 5.97 Å². The van der Waals surface area contributed by atoms with Crippen LogP contribution in [0.2, 0.25) is 0 Å². The van der Waals surface area contributed by atoms with Gasteiger partial charge in [-0.25, -0.2) is 4.79 Å². The Morgan fingerprint density at radius 3 is 2.32 bits per heavy atom. The van der Waals surface area contributed by atoms with Gasteiger partial charge in [0.2, 0.25) is 0 Å². The Balaban J connectivity index is 1.67. The molecule has 0 radical (unpaired) electrons. The summed E-state index contributed by atoms with van der Waals surface area (Å²) in [6.45, 7) is 4.19. The lowest BCUT2D eigenvalue weighted by Gasteiger charge is -2.20. The number of aromatic nitrogens is 1. The summed E-state index contributed by atoms with van der Waals surface area (Å²) in [5.74, 6) is -0.523. The number of ether oxygens (including phenoxy) is 1. The normalized spacial score (nSPS) is 10.5. The molecule has 0 atom stereocenters. The smallest absolute Gasteiger partial charge is 0.344 e. The minimum Gasteiger partial charge on any atom is -0.452 e. The van der Waals surface area contributed by atoms with Crippen LogP contribution in [0.15, 0.2) is 65.2 Å². The molecule has 0 fully saturated rings. The van der Waals surface area contributed by atoms with Crippen LogP contribution in [0.1, 0.15) is 28.6 Å². The van der Waals surface area contributed by atoms with Gasteiger partial charge in [0, 0.05) is 18.7 Å². The Morgan fingerprint density at radius 1 is 1.04 bits per heavy atom. The van der Waals surface area contributed by atoms with E-state index in [4.69, 9.17) is 9.26 Å². The van der Waals surface area contributed by atoms with Gasteiger partial charge in [-0.2, -0.15) is 0 Å². The summed E-state index contributed by atoms with van der Waals surface area (Å²) in [7, 11) is 0. The van der Waals surface area contributed by atoms with Crippen LogP contribution < -0.4 is 0 Å². The van der Waals surface area contributed by atoms with E-state index in [9.17, 15) is 9.59 Å². The van der Waals surface area contributed by atoms with Crippen LogP contribution >= 0.6 is 0 Å². The summed E-state index contributed by atoms with van der Waals surface area (Å²) in [6, 6.07) is 18.9. The molecule has 2 aromatic carbocycles. The number of rotatable bonds is 7. The van der Waals surface area contributed by atoms with E-state index in [1.807, 2.05) is 67.6 Å². The number of benzene rings is 2. The van der Waals surface area contributed by atoms with Gasteiger partial charge in [-0.05, 0) is 19.4 Å². The fourth-order valence-electron chi connectivity index (χ4n) is 2.88. The third kappa shape index (κ3) is 4.46. The first-order valence-corrected chi connectivity index (χ1v) is 9.10. The van der Waals surface area contributed by atoms with Crippen molar-refractivity contribution in [2.24, 2.45) is 0 Å². The molecule has 144 valence electrons. The molecular formula is C22H22N2O4. The molecule has 0 aliphatic rings. The highest BCUT2D eigenvalue weighted by atomic mass is 16.5. The molecule has 0 aliphatic carbocycles. The Morgan fingerprint density at radius 2 is 1.68 bits per heavy atom. The topological polar surface area (TPSA) is 72.6 Å². The number of hydrogen-bond acceptors (Lipinski definition) is 5. The number of likely N-dealkylation sites (N-methyl/N-ethyl adjacent to an activating group) is 1.